The van der Waals surface area contributed by atoms with Crippen molar-refractivity contribution in [1.82, 2.24) is 5.32 Å². The molecule has 0 aliphatic heterocycles. The smallest absolute Gasteiger partial charge is 0.128 e. The average molecular weight is 460 g/mol. The van der Waals surface area contributed by atoms with Crippen LogP contribution in [0.25, 0.3) is 0 Å². The Balaban J connectivity index is 0. The van der Waals surface area contributed by atoms with Gasteiger partial charge in [0.15, 0.2) is 0 Å². The molecule has 4 N–H and O–H groups in total. The number of hydrogen-bond donors (Lipinski definition) is 2. The lowest BCUT2D eigenvalue weighted by molar-refractivity contribution is 0.0789. The molecule has 0 heterocycles. The van der Waals surface area contributed by atoms with Crippen LogP contribution >= 0.6 is 0 Å². The van der Waals surface area contributed by atoms with Gasteiger partial charge in [0.1, 0.15) is 6.23 Å². The van der Waals surface area contributed by atoms with Crippen molar-refractivity contribution >= 4 is 0 Å². The van der Waals surface area contributed by atoms with Gasteiger partial charge in [-0.1, -0.05) is 103 Å². The predicted molar refractivity (Wildman–Crippen MR) is 148 cm³/mol. The lowest BCUT2D eigenvalue weighted by Gasteiger charge is -2.45. The molecule has 33 heavy (non-hydrogen) atoms. The second kappa shape index (κ2) is 17.1. The lowest BCUT2D eigenvalue weighted by atomic mass is 9.61. The predicted octanol–water partition coefficient (Wildman–Crippen LogP) is 7.18. The lowest BCUT2D eigenvalue weighted by Crippen LogP contribution is -2.46. The molecule has 3 nitrogen and oxygen atoms in total. The Kier molecular flexibility index (Phi) is 17.5. The number of nitrogens with one attached hydrogen (secondary N) is 1. The summed E-state index contributed by atoms with van der Waals surface area (Å²) in [5.74, 6) is 1.64. The van der Waals surface area contributed by atoms with Crippen LogP contribution in [0.3, 0.4) is 0 Å². The van der Waals surface area contributed by atoms with Crippen molar-refractivity contribution in [2.24, 2.45) is 23.2 Å². The summed E-state index contributed by atoms with van der Waals surface area (Å²) < 4.78 is 0. The summed E-state index contributed by atoms with van der Waals surface area (Å²) in [5, 5.41) is 14.1. The number of aliphatic hydroxyl groups is 1. The zero-order chi connectivity index (χ0) is 23.4. The minimum Gasteiger partial charge on any atom is -0.412 e. The van der Waals surface area contributed by atoms with Gasteiger partial charge in [0.2, 0.25) is 0 Å². The minimum atomic E-state index is -0.589. The highest BCUT2D eigenvalue weighted by atomic mass is 16.3. The van der Waals surface area contributed by atoms with Crippen molar-refractivity contribution in [2.45, 2.75) is 93.3 Å². The Morgan fingerprint density at radius 2 is 1.97 bits per heavy atom. The first kappa shape index (κ1) is 33.8. The fourth-order valence-corrected chi connectivity index (χ4v) is 4.79. The first-order valence-electron chi connectivity index (χ1n) is 12.3. The molecule has 2 aliphatic rings. The van der Waals surface area contributed by atoms with Crippen molar-refractivity contribution in [3.63, 3.8) is 0 Å². The van der Waals surface area contributed by atoms with Crippen LogP contribution in [-0.2, 0) is 0 Å². The van der Waals surface area contributed by atoms with E-state index in [2.05, 4.69) is 64.7 Å². The van der Waals surface area contributed by atoms with E-state index in [9.17, 15) is 5.11 Å². The molecule has 0 bridgehead atoms. The second-order valence-electron chi connectivity index (χ2n) is 9.34. The molecule has 6 atom stereocenters. The largest absolute Gasteiger partial charge is 0.412 e. The van der Waals surface area contributed by atoms with Gasteiger partial charge >= 0.3 is 0 Å². The van der Waals surface area contributed by atoms with Gasteiger partial charge in [-0.15, -0.1) is 0 Å². The fraction of sp³-hybridized carbons (Fsp3) is 0.600. The molecule has 0 spiro atoms. The third kappa shape index (κ3) is 10.6. The van der Waals surface area contributed by atoms with Crippen molar-refractivity contribution in [1.29, 1.82) is 0 Å². The highest BCUT2D eigenvalue weighted by Crippen LogP contribution is 2.47. The number of aliphatic hydroxyl groups excluding tert-OH is 1. The van der Waals surface area contributed by atoms with Gasteiger partial charge in [-0.25, -0.2) is 0 Å². The maximum atomic E-state index is 10.6. The van der Waals surface area contributed by atoms with Crippen LogP contribution < -0.4 is 5.32 Å². The SMILES string of the molecule is C.CC.O.[CH2]C1(C)CC([C@H](C)[C@@H](CCC)NC(O)C2=CC=C[CH]2)CCC1/C=C/C=C(/C)C=C. The highest BCUT2D eigenvalue weighted by molar-refractivity contribution is 5.36. The van der Waals surface area contributed by atoms with Gasteiger partial charge in [0.05, 0.1) is 0 Å². The molecule has 2 aliphatic carbocycles. The molecule has 0 aromatic rings. The maximum Gasteiger partial charge on any atom is 0.128 e. The van der Waals surface area contributed by atoms with Gasteiger partial charge < -0.3 is 10.6 Å². The molecule has 0 aromatic heterocycles. The van der Waals surface area contributed by atoms with Crippen molar-refractivity contribution < 1.29 is 10.6 Å². The van der Waals surface area contributed by atoms with E-state index in [1.54, 1.807) is 0 Å². The monoisotopic (exact) mass is 459 g/mol. The second-order valence-corrected chi connectivity index (χ2v) is 9.34. The highest BCUT2D eigenvalue weighted by Gasteiger charge is 2.39. The Labute approximate surface area is 206 Å². The van der Waals surface area contributed by atoms with E-state index in [4.69, 9.17) is 0 Å². The Bertz CT molecular complexity index is 656. The van der Waals surface area contributed by atoms with E-state index in [0.717, 1.165) is 24.8 Å². The Hall–Kier alpha value is -1.42. The molecule has 0 aromatic carbocycles. The summed E-state index contributed by atoms with van der Waals surface area (Å²) in [5.41, 5.74) is 2.19. The van der Waals surface area contributed by atoms with E-state index >= 15 is 0 Å². The number of hydrogen-bond acceptors (Lipinski definition) is 2. The van der Waals surface area contributed by atoms with E-state index in [1.165, 1.54) is 18.4 Å². The van der Waals surface area contributed by atoms with Crippen molar-refractivity contribution in [2.75, 3.05) is 0 Å². The topological polar surface area (TPSA) is 63.8 Å². The standard InChI is InChI=1S/C27H41NO.C2H6.CH4.H2O/c1-7-12-25(28-26(29)22-14-9-10-15-22)21(4)23-17-18-24(27(5,6)19-23)16-11-13-20(3)8-2;1-2;;/h8-11,13-16,21,23-26,28-29H,2,5,7,12,17-19H2,1,3-4,6H3;1-2H3;1H4;1H2/b16-11+,20-13-;;;/t21-,23?,24?,25+,26?,27?;;;/m0.../s1. The molecule has 0 saturated heterocycles. The molecule has 1 saturated carbocycles. The molecule has 0 amide bonds. The summed E-state index contributed by atoms with van der Waals surface area (Å²) in [6, 6.07) is 0.316. The van der Waals surface area contributed by atoms with E-state index in [1.807, 2.05) is 44.6 Å². The maximum absolute atomic E-state index is 10.6. The van der Waals surface area contributed by atoms with Crippen LogP contribution in [0.5, 0.6) is 0 Å². The van der Waals surface area contributed by atoms with Gasteiger partial charge in [0, 0.05) is 12.5 Å². The third-order valence-electron chi connectivity index (χ3n) is 6.85. The minimum absolute atomic E-state index is 0. The van der Waals surface area contributed by atoms with E-state index < -0.39 is 6.23 Å². The molecule has 190 valence electrons. The summed E-state index contributed by atoms with van der Waals surface area (Å²) in [6.07, 6.45) is 21.6. The quantitative estimate of drug-likeness (QED) is 0.268. The molecular formula is C30H53NO2. The van der Waals surface area contributed by atoms with Crippen molar-refractivity contribution in [3.8, 4) is 0 Å². The third-order valence-corrected chi connectivity index (χ3v) is 6.85. The van der Waals surface area contributed by atoms with E-state index in [0.29, 0.717) is 23.8 Å². The Morgan fingerprint density at radius 3 is 2.48 bits per heavy atom. The zero-order valence-corrected chi connectivity index (χ0v) is 21.4. The average Bonchev–Trinajstić information content (AvgIpc) is 3.30. The fourth-order valence-electron chi connectivity index (χ4n) is 4.79. The van der Waals surface area contributed by atoms with Crippen LogP contribution in [0.2, 0.25) is 0 Å². The van der Waals surface area contributed by atoms with Crippen LogP contribution in [0.15, 0.2) is 60.3 Å². The summed E-state index contributed by atoms with van der Waals surface area (Å²) in [7, 11) is 0. The molecule has 4 unspecified atom stereocenters. The summed E-state index contributed by atoms with van der Waals surface area (Å²) in [4.78, 5) is 0. The van der Waals surface area contributed by atoms with E-state index in [-0.39, 0.29) is 18.3 Å². The van der Waals surface area contributed by atoms with Gasteiger partial charge in [0.25, 0.3) is 0 Å². The molecular weight excluding hydrogens is 406 g/mol. The van der Waals surface area contributed by atoms with Crippen LogP contribution in [0.4, 0.5) is 0 Å². The summed E-state index contributed by atoms with van der Waals surface area (Å²) in [6.45, 7) is 21.4. The first-order chi connectivity index (χ1) is 14.8. The van der Waals surface area contributed by atoms with Crippen molar-refractivity contribution in [3.05, 3.63) is 73.6 Å². The molecule has 2 radical (unpaired) electrons. The van der Waals surface area contributed by atoms with Crippen LogP contribution in [0.1, 0.15) is 81.1 Å². The van der Waals surface area contributed by atoms with Gasteiger partial charge in [-0.05, 0) is 68.3 Å². The number of rotatable bonds is 10. The molecule has 2 rings (SSSR count). The van der Waals surface area contributed by atoms with Crippen LogP contribution in [-0.4, -0.2) is 22.9 Å². The van der Waals surface area contributed by atoms with Gasteiger partial charge in [-0.2, -0.15) is 0 Å². The summed E-state index contributed by atoms with van der Waals surface area (Å²) >= 11 is 0. The van der Waals surface area contributed by atoms with Crippen LogP contribution in [0, 0.1) is 36.5 Å². The number of allylic oxidation sites excluding steroid dienone is 8. The Morgan fingerprint density at radius 1 is 1.30 bits per heavy atom. The normalized spacial score (nSPS) is 24.5. The first-order valence-corrected chi connectivity index (χ1v) is 12.3. The molecule has 1 fully saturated rings. The zero-order valence-electron chi connectivity index (χ0n) is 21.4. The van der Waals surface area contributed by atoms with Gasteiger partial charge in [-0.3, -0.25) is 5.32 Å². The molecule has 3 heteroatoms.